The van der Waals surface area contributed by atoms with E-state index in [-0.39, 0.29) is 24.0 Å². The molecule has 0 unspecified atom stereocenters. The summed E-state index contributed by atoms with van der Waals surface area (Å²) in [6.07, 6.45) is 3.24. The molecule has 2 N–H and O–H groups in total. The molecule has 0 spiro atoms. The van der Waals surface area contributed by atoms with Gasteiger partial charge in [0.15, 0.2) is 5.96 Å². The third kappa shape index (κ3) is 7.70. The zero-order valence-electron chi connectivity index (χ0n) is 17.4. The maximum absolute atomic E-state index is 5.97. The van der Waals surface area contributed by atoms with Crippen molar-refractivity contribution in [1.82, 2.24) is 20.5 Å². The lowest BCUT2D eigenvalue weighted by molar-refractivity contribution is 0.198. The highest BCUT2D eigenvalue weighted by Gasteiger charge is 2.20. The fraction of sp³-hybridized carbons (Fsp3) is 0.524. The number of aryl methyl sites for hydroxylation is 2. The number of aliphatic imine (C=N–C) groups is 1. The summed E-state index contributed by atoms with van der Waals surface area (Å²) < 4.78 is 0. The highest BCUT2D eigenvalue weighted by atomic mass is 127. The van der Waals surface area contributed by atoms with Gasteiger partial charge in [-0.1, -0.05) is 23.7 Å². The van der Waals surface area contributed by atoms with Crippen molar-refractivity contribution in [2.75, 3.05) is 26.7 Å². The molecule has 0 amide bonds. The number of guanidine groups is 1. The Morgan fingerprint density at radius 3 is 2.52 bits per heavy atom. The summed E-state index contributed by atoms with van der Waals surface area (Å²) in [6, 6.07) is 8.64. The molecule has 3 rings (SSSR count). The molecule has 1 saturated heterocycles. The molecule has 2 aromatic rings. The highest BCUT2D eigenvalue weighted by Crippen LogP contribution is 2.17. The summed E-state index contributed by atoms with van der Waals surface area (Å²) in [5, 5.41) is 8.97. The van der Waals surface area contributed by atoms with E-state index in [4.69, 9.17) is 11.6 Å². The number of rotatable bonds is 6. The Morgan fingerprint density at radius 2 is 1.93 bits per heavy atom. The van der Waals surface area contributed by atoms with Crippen LogP contribution in [0.1, 0.15) is 34.0 Å². The van der Waals surface area contributed by atoms with Crippen LogP contribution in [-0.2, 0) is 13.0 Å². The monoisotopic (exact) mass is 547 g/mol. The molecule has 0 bridgehead atoms. The average molecular weight is 548 g/mol. The zero-order valence-corrected chi connectivity index (χ0v) is 21.3. The molecule has 5 nitrogen and oxygen atoms in total. The van der Waals surface area contributed by atoms with Gasteiger partial charge in [-0.05, 0) is 44.4 Å². The molecule has 1 fully saturated rings. The van der Waals surface area contributed by atoms with Crippen LogP contribution in [0.4, 0.5) is 0 Å². The van der Waals surface area contributed by atoms with Gasteiger partial charge in [-0.15, -0.1) is 35.3 Å². The third-order valence-electron chi connectivity index (χ3n) is 5.12. The Balaban J connectivity index is 0.00000300. The minimum atomic E-state index is 0. The van der Waals surface area contributed by atoms with Crippen molar-refractivity contribution in [2.45, 2.75) is 45.7 Å². The van der Waals surface area contributed by atoms with E-state index < -0.39 is 0 Å². The average Bonchev–Trinajstić information content (AvgIpc) is 3.01. The maximum Gasteiger partial charge on any atom is 0.191 e. The van der Waals surface area contributed by atoms with Crippen molar-refractivity contribution in [3.8, 4) is 0 Å². The van der Waals surface area contributed by atoms with E-state index >= 15 is 0 Å². The van der Waals surface area contributed by atoms with Crippen molar-refractivity contribution in [1.29, 1.82) is 0 Å². The molecule has 0 aliphatic carbocycles. The molecular weight excluding hydrogens is 517 g/mol. The Labute approximate surface area is 200 Å². The van der Waals surface area contributed by atoms with Crippen molar-refractivity contribution < 1.29 is 0 Å². The molecule has 160 valence electrons. The lowest BCUT2D eigenvalue weighted by Crippen LogP contribution is -2.48. The fourth-order valence-corrected chi connectivity index (χ4v) is 4.63. The quantitative estimate of drug-likeness (QED) is 0.320. The summed E-state index contributed by atoms with van der Waals surface area (Å²) >= 11 is 7.76. The fourth-order valence-electron chi connectivity index (χ4n) is 3.57. The molecule has 0 atom stereocenters. The molecule has 0 radical (unpaired) electrons. The van der Waals surface area contributed by atoms with Gasteiger partial charge in [-0.3, -0.25) is 9.89 Å². The first-order chi connectivity index (χ1) is 13.5. The van der Waals surface area contributed by atoms with Gasteiger partial charge in [0.1, 0.15) is 0 Å². The van der Waals surface area contributed by atoms with E-state index in [0.29, 0.717) is 6.04 Å². The van der Waals surface area contributed by atoms with Crippen LogP contribution in [0.2, 0.25) is 5.02 Å². The van der Waals surface area contributed by atoms with E-state index in [1.165, 1.54) is 10.4 Å². The van der Waals surface area contributed by atoms with Gasteiger partial charge >= 0.3 is 0 Å². The molecule has 0 saturated carbocycles. The molecule has 1 aromatic heterocycles. The molecular formula is C21H31ClIN5S. The van der Waals surface area contributed by atoms with Crippen LogP contribution in [0.15, 0.2) is 29.3 Å². The summed E-state index contributed by atoms with van der Waals surface area (Å²) in [6.45, 7) is 8.20. The number of hydrogen-bond acceptors (Lipinski definition) is 4. The SMILES string of the molecule is CN=C(NCCc1sc(C)nc1C)NC1CCN(Cc2ccc(Cl)cc2)CC1.I. The Bertz CT molecular complexity index is 785. The number of halogens is 2. The van der Waals surface area contributed by atoms with Crippen molar-refractivity contribution >= 4 is 52.9 Å². The first kappa shape index (κ1) is 24.4. The van der Waals surface area contributed by atoms with Gasteiger partial charge in [0.2, 0.25) is 0 Å². The molecule has 1 aliphatic heterocycles. The van der Waals surface area contributed by atoms with Crippen LogP contribution in [0.3, 0.4) is 0 Å². The van der Waals surface area contributed by atoms with Crippen LogP contribution >= 0.6 is 46.9 Å². The topological polar surface area (TPSA) is 52.6 Å². The van der Waals surface area contributed by atoms with E-state index in [1.54, 1.807) is 11.3 Å². The van der Waals surface area contributed by atoms with Crippen molar-refractivity contribution in [2.24, 2.45) is 4.99 Å². The van der Waals surface area contributed by atoms with Gasteiger partial charge in [-0.2, -0.15) is 0 Å². The standard InChI is InChI=1S/C21H30ClN5S.HI/c1-15-20(28-16(2)25-15)8-11-24-21(23-3)26-19-9-12-27(13-10-19)14-17-4-6-18(22)7-5-17;/h4-7,19H,8-14H2,1-3H3,(H2,23,24,26);1H. The van der Waals surface area contributed by atoms with E-state index in [1.807, 2.05) is 19.2 Å². The summed E-state index contributed by atoms with van der Waals surface area (Å²) in [4.78, 5) is 12.8. The van der Waals surface area contributed by atoms with Gasteiger partial charge in [0, 0.05) is 55.6 Å². The Hall–Kier alpha value is -0.900. The number of hydrogen-bond donors (Lipinski definition) is 2. The van der Waals surface area contributed by atoms with E-state index in [2.05, 4.69) is 51.5 Å². The number of nitrogens with zero attached hydrogens (tertiary/aromatic N) is 3. The van der Waals surface area contributed by atoms with Gasteiger partial charge < -0.3 is 10.6 Å². The minimum absolute atomic E-state index is 0. The highest BCUT2D eigenvalue weighted by molar-refractivity contribution is 14.0. The number of likely N-dealkylation sites (tertiary alicyclic amines) is 1. The molecule has 2 heterocycles. The largest absolute Gasteiger partial charge is 0.356 e. The number of benzene rings is 1. The second kappa shape index (κ2) is 12.1. The lowest BCUT2D eigenvalue weighted by Gasteiger charge is -2.33. The van der Waals surface area contributed by atoms with Crippen LogP contribution in [-0.4, -0.2) is 48.6 Å². The van der Waals surface area contributed by atoms with Gasteiger partial charge in [-0.25, -0.2) is 4.98 Å². The minimum Gasteiger partial charge on any atom is -0.356 e. The third-order valence-corrected chi connectivity index (χ3v) is 6.50. The van der Waals surface area contributed by atoms with Crippen LogP contribution in [0.25, 0.3) is 0 Å². The second-order valence-corrected chi connectivity index (χ2v) is 9.04. The first-order valence-corrected chi connectivity index (χ1v) is 11.1. The first-order valence-electron chi connectivity index (χ1n) is 9.90. The molecule has 8 heteroatoms. The predicted molar refractivity (Wildman–Crippen MR) is 135 cm³/mol. The number of aromatic nitrogens is 1. The van der Waals surface area contributed by atoms with Gasteiger partial charge in [0.25, 0.3) is 0 Å². The predicted octanol–water partition coefficient (Wildman–Crippen LogP) is 4.40. The van der Waals surface area contributed by atoms with Gasteiger partial charge in [0.05, 0.1) is 10.7 Å². The molecule has 1 aliphatic rings. The number of piperidine rings is 1. The lowest BCUT2D eigenvalue weighted by atomic mass is 10.0. The summed E-state index contributed by atoms with van der Waals surface area (Å²) in [5.41, 5.74) is 2.47. The normalized spacial score (nSPS) is 15.8. The maximum atomic E-state index is 5.97. The van der Waals surface area contributed by atoms with Crippen LogP contribution in [0.5, 0.6) is 0 Å². The van der Waals surface area contributed by atoms with E-state index in [0.717, 1.165) is 67.1 Å². The summed E-state index contributed by atoms with van der Waals surface area (Å²) in [7, 11) is 1.84. The second-order valence-electron chi connectivity index (χ2n) is 7.31. The zero-order chi connectivity index (χ0) is 19.9. The van der Waals surface area contributed by atoms with Crippen LogP contribution in [0, 0.1) is 13.8 Å². The smallest absolute Gasteiger partial charge is 0.191 e. The van der Waals surface area contributed by atoms with Crippen molar-refractivity contribution in [3.63, 3.8) is 0 Å². The van der Waals surface area contributed by atoms with Crippen molar-refractivity contribution in [3.05, 3.63) is 50.4 Å². The number of nitrogens with one attached hydrogen (secondary N) is 2. The van der Waals surface area contributed by atoms with E-state index in [9.17, 15) is 0 Å². The Morgan fingerprint density at radius 1 is 1.24 bits per heavy atom. The van der Waals surface area contributed by atoms with Crippen LogP contribution < -0.4 is 10.6 Å². The molecule has 1 aromatic carbocycles. The summed E-state index contributed by atoms with van der Waals surface area (Å²) in [5.74, 6) is 0.898. The number of thiazole rings is 1. The Kier molecular flexibility index (Phi) is 10.1. The molecule has 29 heavy (non-hydrogen) atoms.